The fraction of sp³-hybridized carbons (Fsp3) is 0.333. The van der Waals surface area contributed by atoms with E-state index in [0.717, 1.165) is 0 Å². The zero-order valence-corrected chi connectivity index (χ0v) is 6.29. The minimum absolute atomic E-state index is 0.529. The lowest BCUT2D eigenvalue weighted by atomic mass is 10.7. The van der Waals surface area contributed by atoms with Crippen molar-refractivity contribution >= 4 is 31.2 Å². The van der Waals surface area contributed by atoms with E-state index in [4.69, 9.17) is 5.73 Å². The standard InChI is InChI=1S/C3H7IN2O2/c1-4-2(5)3(7)8-6/h2H,1,5-6H2. The van der Waals surface area contributed by atoms with Crippen molar-refractivity contribution in [1.29, 1.82) is 0 Å². The van der Waals surface area contributed by atoms with Crippen LogP contribution in [0.4, 0.5) is 0 Å². The average Bonchev–Trinajstić information content (AvgIpc) is 1.84. The highest BCUT2D eigenvalue weighted by molar-refractivity contribution is 14.2. The molecular formula is C3H7IN2O2. The number of nitrogens with two attached hydrogens (primary N) is 2. The fourth-order valence-corrected chi connectivity index (χ4v) is 0.634. The molecule has 4 nitrogen and oxygen atoms in total. The van der Waals surface area contributed by atoms with Crippen molar-refractivity contribution in [3.8, 4) is 0 Å². The minimum Gasteiger partial charge on any atom is -0.372 e. The average molecular weight is 230 g/mol. The van der Waals surface area contributed by atoms with Gasteiger partial charge >= 0.3 is 5.97 Å². The molecule has 0 radical (unpaired) electrons. The van der Waals surface area contributed by atoms with Gasteiger partial charge in [-0.2, -0.15) is 5.90 Å². The first kappa shape index (κ1) is 7.99. The molecule has 0 bridgehead atoms. The van der Waals surface area contributed by atoms with Crippen LogP contribution in [0.15, 0.2) is 0 Å². The number of alkyl halides is 1. The molecule has 0 aromatic heterocycles. The quantitative estimate of drug-likeness (QED) is 0.278. The summed E-state index contributed by atoms with van der Waals surface area (Å²) in [5, 5.41) is 0. The molecule has 0 aliphatic heterocycles. The van der Waals surface area contributed by atoms with E-state index in [2.05, 4.69) is 15.2 Å². The molecule has 0 heterocycles. The van der Waals surface area contributed by atoms with Gasteiger partial charge in [-0.3, -0.25) is 0 Å². The van der Waals surface area contributed by atoms with Gasteiger partial charge in [-0.1, -0.05) is 25.2 Å². The Hall–Kier alpha value is -0.0100. The van der Waals surface area contributed by atoms with Gasteiger partial charge < -0.3 is 10.6 Å². The summed E-state index contributed by atoms with van der Waals surface area (Å²) >= 11 is -0.529. The number of halogens is 1. The van der Waals surface area contributed by atoms with Crippen molar-refractivity contribution < 1.29 is 9.63 Å². The van der Waals surface area contributed by atoms with E-state index >= 15 is 0 Å². The second kappa shape index (κ2) is 3.93. The molecule has 0 fully saturated rings. The molecule has 0 saturated carbocycles. The molecule has 0 aromatic rings. The van der Waals surface area contributed by atoms with Crippen LogP contribution < -0.4 is 11.6 Å². The van der Waals surface area contributed by atoms with E-state index in [9.17, 15) is 4.79 Å². The van der Waals surface area contributed by atoms with Crippen molar-refractivity contribution in [2.75, 3.05) is 0 Å². The monoisotopic (exact) mass is 230 g/mol. The predicted octanol–water partition coefficient (Wildman–Crippen LogP) is -0.909. The molecule has 4 N–H and O–H groups in total. The molecule has 0 saturated heterocycles. The molecule has 0 spiro atoms. The molecular weight excluding hydrogens is 223 g/mol. The van der Waals surface area contributed by atoms with Crippen LogP contribution in [0.1, 0.15) is 0 Å². The molecule has 0 amide bonds. The van der Waals surface area contributed by atoms with Gasteiger partial charge in [-0.25, -0.2) is 4.79 Å². The van der Waals surface area contributed by atoms with Crippen LogP contribution in [-0.2, 0) is 9.63 Å². The highest BCUT2D eigenvalue weighted by Crippen LogP contribution is 1.98. The molecule has 8 heavy (non-hydrogen) atoms. The Morgan fingerprint density at radius 1 is 1.88 bits per heavy atom. The fourth-order valence-electron chi connectivity index (χ4n) is 0.128. The second-order valence-corrected chi connectivity index (χ2v) is 3.22. The van der Waals surface area contributed by atoms with Crippen molar-refractivity contribution in [2.45, 2.75) is 4.05 Å². The SMILES string of the molecule is C=IC(N)C(=O)ON. The molecule has 0 aromatic carbocycles. The number of carbonyl (C=O) groups is 1. The van der Waals surface area contributed by atoms with E-state index in [1.807, 2.05) is 0 Å². The maximum atomic E-state index is 10.3. The summed E-state index contributed by atoms with van der Waals surface area (Å²) in [5.74, 6) is 3.93. The highest BCUT2D eigenvalue weighted by atomic mass is 127. The van der Waals surface area contributed by atoms with E-state index in [-0.39, 0.29) is 0 Å². The maximum Gasteiger partial charge on any atom is 0.351 e. The first-order chi connectivity index (χ1) is 3.72. The summed E-state index contributed by atoms with van der Waals surface area (Å²) in [7, 11) is 0. The summed E-state index contributed by atoms with van der Waals surface area (Å²) in [6, 6.07) is 0. The molecule has 5 heteroatoms. The number of rotatable bonds is 2. The summed E-state index contributed by atoms with van der Waals surface area (Å²) < 4.78 is 2.91. The second-order valence-electron chi connectivity index (χ2n) is 0.993. The van der Waals surface area contributed by atoms with Crippen LogP contribution in [0, 0.1) is 0 Å². The Kier molecular flexibility index (Phi) is 3.92. The topological polar surface area (TPSA) is 78.3 Å². The number of carbonyl (C=O) groups excluding carboxylic acids is 1. The van der Waals surface area contributed by atoms with Crippen LogP contribution in [0.25, 0.3) is 0 Å². The summed E-state index contributed by atoms with van der Waals surface area (Å²) in [5.41, 5.74) is 5.16. The van der Waals surface area contributed by atoms with Crippen LogP contribution in [0.2, 0.25) is 0 Å². The zero-order valence-electron chi connectivity index (χ0n) is 4.13. The first-order valence-electron chi connectivity index (χ1n) is 1.75. The molecule has 0 aliphatic rings. The Balaban J connectivity index is 3.62. The summed E-state index contributed by atoms with van der Waals surface area (Å²) in [6.45, 7) is 0. The Morgan fingerprint density at radius 3 is 2.50 bits per heavy atom. The Labute approximate surface area is 56.9 Å². The Morgan fingerprint density at radius 2 is 2.38 bits per heavy atom. The number of hydrogen-bond donors (Lipinski definition) is 2. The highest BCUT2D eigenvalue weighted by Gasteiger charge is 2.08. The third kappa shape index (κ3) is 2.34. The largest absolute Gasteiger partial charge is 0.372 e. The summed E-state index contributed by atoms with van der Waals surface area (Å²) in [6.07, 6.45) is 0. The van der Waals surface area contributed by atoms with Gasteiger partial charge in [-0.15, -0.1) is 0 Å². The molecule has 1 atom stereocenters. The van der Waals surface area contributed by atoms with Crippen molar-refractivity contribution in [2.24, 2.45) is 11.6 Å². The normalized spacial score (nSPS) is 12.8. The summed E-state index contributed by atoms with van der Waals surface area (Å²) in [4.78, 5) is 14.1. The van der Waals surface area contributed by atoms with E-state index < -0.39 is 30.7 Å². The van der Waals surface area contributed by atoms with Crippen LogP contribution in [-0.4, -0.2) is 14.5 Å². The lowest BCUT2D eigenvalue weighted by molar-refractivity contribution is -0.142. The van der Waals surface area contributed by atoms with Gasteiger partial charge in [0.25, 0.3) is 0 Å². The molecule has 1 unspecified atom stereocenters. The lowest BCUT2D eigenvalue weighted by Gasteiger charge is -1.98. The van der Waals surface area contributed by atoms with Gasteiger partial charge in [0.2, 0.25) is 0 Å². The van der Waals surface area contributed by atoms with Gasteiger partial charge in [0.15, 0.2) is 4.05 Å². The van der Waals surface area contributed by atoms with E-state index in [0.29, 0.717) is 0 Å². The smallest absolute Gasteiger partial charge is 0.351 e. The van der Waals surface area contributed by atoms with Crippen molar-refractivity contribution in [3.63, 3.8) is 0 Å². The third-order valence-electron chi connectivity index (χ3n) is 0.508. The van der Waals surface area contributed by atoms with Crippen LogP contribution in [0.3, 0.4) is 0 Å². The molecule has 48 valence electrons. The zero-order chi connectivity index (χ0) is 6.57. The minimum atomic E-state index is -0.576. The predicted molar refractivity (Wildman–Crippen MR) is 39.4 cm³/mol. The van der Waals surface area contributed by atoms with Gasteiger partial charge in [-0.05, 0) is 0 Å². The van der Waals surface area contributed by atoms with E-state index in [1.165, 1.54) is 0 Å². The lowest BCUT2D eigenvalue weighted by Crippen LogP contribution is -2.28. The number of hydrogen-bond acceptors (Lipinski definition) is 4. The van der Waals surface area contributed by atoms with Gasteiger partial charge in [0.1, 0.15) is 0 Å². The van der Waals surface area contributed by atoms with Crippen LogP contribution in [0.5, 0.6) is 0 Å². The molecule has 0 aliphatic carbocycles. The molecule has 0 rings (SSSR count). The van der Waals surface area contributed by atoms with Crippen molar-refractivity contribution in [1.82, 2.24) is 0 Å². The third-order valence-corrected chi connectivity index (χ3v) is 1.97. The van der Waals surface area contributed by atoms with Crippen molar-refractivity contribution in [3.05, 3.63) is 0 Å². The van der Waals surface area contributed by atoms with Crippen LogP contribution >= 0.6 is 20.7 Å². The van der Waals surface area contributed by atoms with Gasteiger partial charge in [0, 0.05) is 0 Å². The van der Waals surface area contributed by atoms with E-state index in [1.54, 1.807) is 0 Å². The maximum absolute atomic E-state index is 10.3. The Bertz CT molecular complexity index is 105. The van der Waals surface area contributed by atoms with Gasteiger partial charge in [0.05, 0.1) is 0 Å². The first-order valence-corrected chi connectivity index (χ1v) is 4.52.